The predicted molar refractivity (Wildman–Crippen MR) is 351 cm³/mol. The molecule has 0 radical (unpaired) electrons. The van der Waals surface area contributed by atoms with Crippen LogP contribution in [0.4, 0.5) is 35.0 Å². The van der Waals surface area contributed by atoms with Crippen LogP contribution in [0.1, 0.15) is 283 Å². The van der Waals surface area contributed by atoms with Crippen molar-refractivity contribution in [1.82, 2.24) is 0 Å². The molecule has 6 atom stereocenters. The summed E-state index contributed by atoms with van der Waals surface area (Å²) in [4.78, 5) is 0. The molecule has 0 spiro atoms. The second kappa shape index (κ2) is 41.1. The van der Waals surface area contributed by atoms with Gasteiger partial charge in [-0.1, -0.05) is 186 Å². The van der Waals surface area contributed by atoms with Crippen molar-refractivity contribution in [1.29, 1.82) is 0 Å². The monoisotopic (exact) mass is 1560 g/mol. The van der Waals surface area contributed by atoms with Crippen molar-refractivity contribution < 1.29 is 111 Å². The molecule has 11 aliphatic rings. The van der Waals surface area contributed by atoms with Gasteiger partial charge in [0.25, 0.3) is 0 Å². The molecule has 18 nitrogen and oxygen atoms in total. The average Bonchev–Trinajstić information content (AvgIpc) is 1.52. The van der Waals surface area contributed by atoms with E-state index < -0.39 is 139 Å². The Balaban J connectivity index is 0.000000282. The normalized spacial score (nSPS) is 27.5. The minimum absolute atomic E-state index is 0.118. The van der Waals surface area contributed by atoms with Crippen LogP contribution in [0.15, 0.2) is 12.2 Å². The Morgan fingerprint density at radius 1 is 0.211 bits per heavy atom. The highest BCUT2D eigenvalue weighted by molar-refractivity contribution is 7.89. The van der Waals surface area contributed by atoms with Crippen LogP contribution in [0, 0.1) is 23.7 Å². The third-order valence-electron chi connectivity index (χ3n) is 20.0. The van der Waals surface area contributed by atoms with Crippen molar-refractivity contribution >= 4 is 92.0 Å². The first kappa shape index (κ1) is 87.9. The number of allylic oxidation sites excluding steroid dienone is 1. The van der Waals surface area contributed by atoms with E-state index in [9.17, 15) is 111 Å². The molecule has 0 aliphatic heterocycles. The highest BCUT2D eigenvalue weighted by Crippen LogP contribution is 2.44. The minimum atomic E-state index is -4.30. The topological polar surface area (TPSA) is 307 Å². The molecule has 0 N–H and O–H groups in total. The van der Waals surface area contributed by atoms with Crippen molar-refractivity contribution in [2.24, 2.45) is 23.7 Å². The van der Waals surface area contributed by atoms with Gasteiger partial charge in [-0.2, -0.15) is 75.8 Å². The Morgan fingerprint density at radius 2 is 0.442 bits per heavy atom. The Labute approximate surface area is 564 Å². The van der Waals surface area contributed by atoms with Crippen molar-refractivity contribution in [2.75, 3.05) is 0 Å². The number of hydrogen-bond donors (Lipinski definition) is 0. The van der Waals surface area contributed by atoms with Gasteiger partial charge in [0.1, 0.15) is 5.25 Å². The van der Waals surface area contributed by atoms with Crippen molar-refractivity contribution in [3.63, 3.8) is 0 Å². The molecule has 564 valence electrons. The molecule has 0 saturated heterocycles. The molecular weight excluding hydrogens is 1460 g/mol. The summed E-state index contributed by atoms with van der Waals surface area (Å²) in [6.07, 6.45) is 39.8. The zero-order valence-corrected chi connectivity index (χ0v) is 61.5. The lowest BCUT2D eigenvalue weighted by Gasteiger charge is -2.39. The molecule has 0 bridgehead atoms. The molecule has 0 aromatic heterocycles. The Hall–Kier alpha value is -1.34. The lowest BCUT2D eigenvalue weighted by Crippen LogP contribution is -2.38. The molecule has 6 unspecified atom stereocenters. The maximum Gasteiger partial charge on any atom is 0.309 e. The first-order chi connectivity index (χ1) is 43.9. The van der Waals surface area contributed by atoms with Crippen LogP contribution >= 0.6 is 0 Å². The van der Waals surface area contributed by atoms with Gasteiger partial charge < -0.3 is 0 Å². The summed E-state index contributed by atoms with van der Waals surface area (Å²) in [6, 6.07) is 0. The zero-order valence-electron chi connectivity index (χ0n) is 54.2. The standard InChI is InChI=1S/C12H21FO2S.C10H17FO2S.C8H15FO2S.C7H13FO2S.C6H11FO2S.C5H9FO2S.C4H7FO2S.C4H5FO2S.C3H5FO2S/c13-16(14,15)12-8-4-7-11(9-12)10-5-2-1-3-6-10;11-14(12,13)10-7-3-5-8-4-1-2-6-9(8)10;9-12(10,11)8-6-4-2-1-3-5-7-8;8-11(9,10)7-5-3-1-2-4-6-7;7-10(8,9)6-4-2-1-3-5-6;6-9(7,8)5-3-1-2-4-5;2*5-8(6,7)4-2-1-3-4;4-7(5,6)3-1-2-3/h10-12H,1-9H2;8-10H,1-7H2;8H,1-7H2;7H,1-6H2;6H,1-5H2;5H,1-4H2;4H,1-3H2;1-2,4H,3H2;3H,1-2H2. The summed E-state index contributed by atoms with van der Waals surface area (Å²) < 4.78 is 296. The Morgan fingerprint density at radius 3 is 0.716 bits per heavy atom. The van der Waals surface area contributed by atoms with Gasteiger partial charge >= 0.3 is 92.0 Å². The molecule has 0 heterocycles. The number of hydrogen-bond acceptors (Lipinski definition) is 18. The maximum absolute atomic E-state index is 13.0. The first-order valence-corrected chi connectivity index (χ1v) is 47.0. The number of fused-ring (bicyclic) bond motifs is 1. The van der Waals surface area contributed by atoms with E-state index in [1.165, 1.54) is 51.0 Å². The molecule has 0 aromatic carbocycles. The predicted octanol–water partition coefficient (Wildman–Crippen LogP) is 15.2. The highest BCUT2D eigenvalue weighted by Gasteiger charge is 2.42. The van der Waals surface area contributed by atoms with Gasteiger partial charge in [0.15, 0.2) is 0 Å². The van der Waals surface area contributed by atoms with E-state index in [2.05, 4.69) is 0 Å². The number of rotatable bonds is 10. The summed E-state index contributed by atoms with van der Waals surface area (Å²) >= 11 is 0. The van der Waals surface area contributed by atoms with Crippen LogP contribution in [-0.2, 0) is 92.0 Å². The van der Waals surface area contributed by atoms with Crippen molar-refractivity contribution in [3.8, 4) is 0 Å². The lowest BCUT2D eigenvalue weighted by atomic mass is 9.71. The van der Waals surface area contributed by atoms with Gasteiger partial charge in [-0.25, -0.2) is 0 Å². The fraction of sp³-hybridized carbons (Fsp3) is 0.966. The molecule has 0 amide bonds. The minimum Gasteiger partial charge on any atom is -0.195 e. The van der Waals surface area contributed by atoms with Gasteiger partial charge in [0, 0.05) is 0 Å². The van der Waals surface area contributed by atoms with E-state index in [4.69, 9.17) is 0 Å². The van der Waals surface area contributed by atoms with Crippen LogP contribution in [0.2, 0.25) is 0 Å². The third-order valence-corrected chi connectivity index (χ3v) is 31.2. The van der Waals surface area contributed by atoms with Gasteiger partial charge in [-0.15, -0.1) is 35.0 Å². The first-order valence-electron chi connectivity index (χ1n) is 34.0. The highest BCUT2D eigenvalue weighted by atomic mass is 32.3. The lowest BCUT2D eigenvalue weighted by molar-refractivity contribution is 0.172. The van der Waals surface area contributed by atoms with E-state index in [1.807, 2.05) is 0 Å². The van der Waals surface area contributed by atoms with Crippen LogP contribution in [-0.4, -0.2) is 123 Å². The average molecular weight is 1560 g/mol. The molecule has 95 heavy (non-hydrogen) atoms. The molecule has 10 saturated carbocycles. The van der Waals surface area contributed by atoms with E-state index in [0.29, 0.717) is 120 Å². The SMILES string of the molecule is O=S(=O)(F)C1C=CC1.O=S(=O)(F)C1CC1.O=S(=O)(F)C1CCC1.O=S(=O)(F)C1CCCC(C2CCCCC2)C1.O=S(=O)(F)C1CCCC1.O=S(=O)(F)C1CCCC2CCCCC21.O=S(=O)(F)C1CCCCC1.O=S(=O)(F)C1CCCCCC1.O=S(=O)(F)C1CCCCCCC1. The molecule has 0 aromatic rings. The maximum atomic E-state index is 13.0. The van der Waals surface area contributed by atoms with E-state index in [-0.39, 0.29) is 5.92 Å². The van der Waals surface area contributed by atoms with Crippen LogP contribution < -0.4 is 0 Å². The largest absolute Gasteiger partial charge is 0.309 e. The molecule has 11 rings (SSSR count). The Kier molecular flexibility index (Phi) is 38.0. The van der Waals surface area contributed by atoms with Crippen molar-refractivity contribution in [3.05, 3.63) is 12.2 Å². The summed E-state index contributed by atoms with van der Waals surface area (Å²) in [5.74, 6) is 1.73. The van der Waals surface area contributed by atoms with Gasteiger partial charge in [0.2, 0.25) is 0 Å². The second-order valence-electron chi connectivity index (χ2n) is 27.1. The summed E-state index contributed by atoms with van der Waals surface area (Å²) in [6.45, 7) is 0. The van der Waals surface area contributed by atoms with Crippen LogP contribution in [0.3, 0.4) is 0 Å². The summed E-state index contributed by atoms with van der Waals surface area (Å²) in [5.41, 5.74) is 0. The smallest absolute Gasteiger partial charge is 0.195 e. The fourth-order valence-electron chi connectivity index (χ4n) is 13.9. The van der Waals surface area contributed by atoms with Gasteiger partial charge in [-0.3, -0.25) is 0 Å². The van der Waals surface area contributed by atoms with Gasteiger partial charge in [0.05, 0.1) is 42.0 Å². The molecule has 11 aliphatic carbocycles. The van der Waals surface area contributed by atoms with Crippen molar-refractivity contribution in [2.45, 2.75) is 330 Å². The van der Waals surface area contributed by atoms with E-state index in [0.717, 1.165) is 135 Å². The van der Waals surface area contributed by atoms with Gasteiger partial charge in [-0.05, 0) is 133 Å². The quantitative estimate of drug-likeness (QED) is 0.0849. The Bertz CT molecular complexity index is 3340. The molecular formula is C59H103F9O18S9. The van der Waals surface area contributed by atoms with E-state index in [1.54, 1.807) is 6.08 Å². The zero-order chi connectivity index (χ0) is 71.5. The fourth-order valence-corrected chi connectivity index (χ4v) is 21.9. The van der Waals surface area contributed by atoms with Crippen LogP contribution in [0.25, 0.3) is 0 Å². The van der Waals surface area contributed by atoms with Crippen LogP contribution in [0.5, 0.6) is 0 Å². The van der Waals surface area contributed by atoms with E-state index >= 15 is 0 Å². The summed E-state index contributed by atoms with van der Waals surface area (Å²) in [7, 11) is -38.1. The third kappa shape index (κ3) is 36.4. The molecule has 36 heteroatoms. The molecule has 10 fully saturated rings. The summed E-state index contributed by atoms with van der Waals surface area (Å²) in [5, 5.41) is -6.33. The second-order valence-corrected chi connectivity index (χ2v) is 41.5. The number of halogens is 9.